The first-order valence-electron chi connectivity index (χ1n) is 10.4. The lowest BCUT2D eigenvalue weighted by molar-refractivity contribution is -0.123. The van der Waals surface area contributed by atoms with Crippen molar-refractivity contribution in [3.63, 3.8) is 0 Å². The average molecular weight is 469 g/mol. The van der Waals surface area contributed by atoms with Crippen molar-refractivity contribution in [3.8, 4) is 0 Å². The predicted molar refractivity (Wildman–Crippen MR) is 120 cm³/mol. The molecule has 1 atom stereocenters. The molecular weight excluding hydrogens is 449 g/mol. The Morgan fingerprint density at radius 1 is 1.03 bits per heavy atom. The number of benzene rings is 3. The summed E-state index contributed by atoms with van der Waals surface area (Å²) < 4.78 is 42.7. The summed E-state index contributed by atoms with van der Waals surface area (Å²) in [6.45, 7) is 1.84. The summed E-state index contributed by atoms with van der Waals surface area (Å²) in [5, 5.41) is 0. The molecule has 1 saturated heterocycles. The molecule has 1 unspecified atom stereocenters. The fourth-order valence-electron chi connectivity index (χ4n) is 4.50. The molecule has 0 aromatic heterocycles. The van der Waals surface area contributed by atoms with Crippen LogP contribution >= 0.6 is 11.8 Å². The van der Waals surface area contributed by atoms with Gasteiger partial charge < -0.3 is 9.80 Å². The van der Waals surface area contributed by atoms with E-state index in [1.54, 1.807) is 6.07 Å². The zero-order valence-electron chi connectivity index (χ0n) is 17.6. The second kappa shape index (κ2) is 7.95. The zero-order chi connectivity index (χ0) is 23.3. The van der Waals surface area contributed by atoms with Crippen molar-refractivity contribution in [2.45, 2.75) is 18.3 Å². The van der Waals surface area contributed by atoms with Crippen LogP contribution in [0.25, 0.3) is 0 Å². The minimum Gasteiger partial charge on any atom is -0.311 e. The molecule has 0 saturated carbocycles. The molecule has 2 aliphatic rings. The summed E-state index contributed by atoms with van der Waals surface area (Å²) in [6.07, 6.45) is 0. The highest BCUT2D eigenvalue weighted by atomic mass is 32.2. The van der Waals surface area contributed by atoms with Crippen LogP contribution in [0.2, 0.25) is 0 Å². The molecule has 5 rings (SSSR count). The second-order valence-electron chi connectivity index (χ2n) is 8.07. The van der Waals surface area contributed by atoms with Crippen LogP contribution in [0, 0.1) is 24.4 Å². The van der Waals surface area contributed by atoms with E-state index in [0.29, 0.717) is 17.0 Å². The maximum atomic E-state index is 14.4. The Morgan fingerprint density at radius 2 is 1.76 bits per heavy atom. The van der Waals surface area contributed by atoms with Crippen LogP contribution in [-0.4, -0.2) is 29.0 Å². The Labute approximate surface area is 193 Å². The second-order valence-corrected chi connectivity index (χ2v) is 9.36. The first kappa shape index (κ1) is 21.6. The highest BCUT2D eigenvalue weighted by Gasteiger charge is 2.59. The third kappa shape index (κ3) is 3.31. The van der Waals surface area contributed by atoms with E-state index in [9.17, 15) is 22.8 Å². The van der Waals surface area contributed by atoms with Crippen molar-refractivity contribution in [1.82, 2.24) is 4.90 Å². The molecule has 8 heteroatoms. The highest BCUT2D eigenvalue weighted by molar-refractivity contribution is 8.01. The number of carbonyl (C=O) groups is 2. The van der Waals surface area contributed by atoms with E-state index in [1.165, 1.54) is 45.8 Å². The van der Waals surface area contributed by atoms with Gasteiger partial charge in [0, 0.05) is 29.0 Å². The van der Waals surface area contributed by atoms with Gasteiger partial charge in [-0.2, -0.15) is 0 Å². The molecule has 1 fully saturated rings. The van der Waals surface area contributed by atoms with Gasteiger partial charge in [-0.25, -0.2) is 13.2 Å². The van der Waals surface area contributed by atoms with Crippen molar-refractivity contribution in [2.75, 3.05) is 17.2 Å². The molecule has 0 radical (unpaired) electrons. The smallest absolute Gasteiger partial charge is 0.268 e. The van der Waals surface area contributed by atoms with Crippen LogP contribution in [0.5, 0.6) is 0 Å². The maximum absolute atomic E-state index is 14.4. The average Bonchev–Trinajstić information content (AvgIpc) is 3.32. The summed E-state index contributed by atoms with van der Waals surface area (Å²) >= 11 is 1.30. The first-order valence-corrected chi connectivity index (χ1v) is 11.4. The SMILES string of the molecule is Cc1ccc2c(c1)C1(SCCN1C(=O)c1cccc(F)c1)C(=O)N2Cc1c(F)cccc1F. The van der Waals surface area contributed by atoms with Crippen molar-refractivity contribution in [2.24, 2.45) is 0 Å². The van der Waals surface area contributed by atoms with Crippen molar-refractivity contribution in [1.29, 1.82) is 0 Å². The summed E-state index contributed by atoms with van der Waals surface area (Å²) in [6, 6.07) is 14.3. The van der Waals surface area contributed by atoms with Crippen LogP contribution in [0.1, 0.15) is 27.0 Å². The Morgan fingerprint density at radius 3 is 2.48 bits per heavy atom. The summed E-state index contributed by atoms with van der Waals surface area (Å²) in [4.78, 5) is 28.8. The molecule has 3 aromatic carbocycles. The van der Waals surface area contributed by atoms with Gasteiger partial charge in [0.25, 0.3) is 11.8 Å². The van der Waals surface area contributed by atoms with E-state index in [-0.39, 0.29) is 24.2 Å². The molecule has 0 aliphatic carbocycles. The normalized spacial score (nSPS) is 19.5. The van der Waals surface area contributed by atoms with Crippen LogP contribution in [0.3, 0.4) is 0 Å². The lowest BCUT2D eigenvalue weighted by atomic mass is 10.0. The van der Waals surface area contributed by atoms with Crippen LogP contribution in [0.15, 0.2) is 60.7 Å². The largest absolute Gasteiger partial charge is 0.311 e. The Balaban J connectivity index is 1.62. The van der Waals surface area contributed by atoms with Gasteiger partial charge in [-0.3, -0.25) is 9.59 Å². The molecule has 168 valence electrons. The predicted octanol–water partition coefficient (Wildman–Crippen LogP) is 5.00. The molecule has 2 amide bonds. The highest BCUT2D eigenvalue weighted by Crippen LogP contribution is 2.55. The molecule has 4 nitrogen and oxygen atoms in total. The van der Waals surface area contributed by atoms with Crippen LogP contribution in [-0.2, 0) is 16.2 Å². The fourth-order valence-corrected chi connectivity index (χ4v) is 5.96. The number of halogens is 3. The molecular formula is C25H19F3N2O2S. The van der Waals surface area contributed by atoms with E-state index in [2.05, 4.69) is 0 Å². The van der Waals surface area contributed by atoms with Crippen LogP contribution in [0.4, 0.5) is 18.9 Å². The van der Waals surface area contributed by atoms with Gasteiger partial charge >= 0.3 is 0 Å². The van der Waals surface area contributed by atoms with Crippen LogP contribution < -0.4 is 4.90 Å². The van der Waals surface area contributed by atoms with Gasteiger partial charge in [0.15, 0.2) is 4.87 Å². The topological polar surface area (TPSA) is 40.6 Å². The molecule has 2 aliphatic heterocycles. The number of aryl methyl sites for hydroxylation is 1. The standard InChI is InChI=1S/C25H19F3N2O2S/c1-15-8-9-22-19(12-15)25(24(32)29(22)14-18-20(27)6-3-7-21(18)28)30(10-11-33-25)23(31)16-4-2-5-17(26)13-16/h2-9,12-13H,10-11,14H2,1H3. The number of nitrogens with zero attached hydrogens (tertiary/aromatic N) is 2. The zero-order valence-corrected chi connectivity index (χ0v) is 18.5. The van der Waals surface area contributed by atoms with Gasteiger partial charge in [-0.15, -0.1) is 11.8 Å². The van der Waals surface area contributed by atoms with Gasteiger partial charge in [0.1, 0.15) is 17.5 Å². The summed E-state index contributed by atoms with van der Waals surface area (Å²) in [7, 11) is 0. The quantitative estimate of drug-likeness (QED) is 0.543. The number of carbonyl (C=O) groups excluding carboxylic acids is 2. The minimum atomic E-state index is -1.38. The van der Waals surface area contributed by atoms with Crippen molar-refractivity contribution < 1.29 is 22.8 Å². The van der Waals surface area contributed by atoms with Crippen molar-refractivity contribution >= 4 is 29.3 Å². The third-order valence-electron chi connectivity index (χ3n) is 6.04. The maximum Gasteiger partial charge on any atom is 0.268 e. The monoisotopic (exact) mass is 468 g/mol. The Bertz CT molecular complexity index is 1280. The van der Waals surface area contributed by atoms with Gasteiger partial charge in [0.2, 0.25) is 0 Å². The van der Waals surface area contributed by atoms with Gasteiger partial charge in [0.05, 0.1) is 12.2 Å². The number of anilines is 1. The van der Waals surface area contributed by atoms with Gasteiger partial charge in [-0.05, 0) is 43.3 Å². The van der Waals surface area contributed by atoms with E-state index in [0.717, 1.165) is 23.8 Å². The lowest BCUT2D eigenvalue weighted by Gasteiger charge is -2.33. The number of amides is 2. The molecule has 0 bridgehead atoms. The number of rotatable bonds is 3. The van der Waals surface area contributed by atoms with Crippen molar-refractivity contribution in [3.05, 3.63) is 100 Å². The van der Waals surface area contributed by atoms with E-state index >= 15 is 0 Å². The third-order valence-corrected chi connectivity index (χ3v) is 7.46. The number of hydrogen-bond donors (Lipinski definition) is 0. The number of thioether (sulfide) groups is 1. The van der Waals surface area contributed by atoms with Gasteiger partial charge in [-0.1, -0.05) is 29.8 Å². The summed E-state index contributed by atoms with van der Waals surface area (Å²) in [5.74, 6) is -2.47. The number of hydrogen-bond acceptors (Lipinski definition) is 3. The molecule has 33 heavy (non-hydrogen) atoms. The summed E-state index contributed by atoms with van der Waals surface area (Å²) in [5.41, 5.74) is 1.89. The number of fused-ring (bicyclic) bond motifs is 2. The molecule has 3 aromatic rings. The fraction of sp³-hybridized carbons (Fsp3) is 0.200. The Hall–Kier alpha value is -3.26. The minimum absolute atomic E-state index is 0.137. The van der Waals surface area contributed by atoms with E-state index in [4.69, 9.17) is 0 Å². The van der Waals surface area contributed by atoms with E-state index in [1.807, 2.05) is 19.1 Å². The first-order chi connectivity index (χ1) is 15.8. The lowest BCUT2D eigenvalue weighted by Crippen LogP contribution is -2.50. The molecule has 2 heterocycles. The van der Waals surface area contributed by atoms with E-state index < -0.39 is 34.1 Å². The molecule has 1 spiro atoms. The molecule has 0 N–H and O–H groups in total. The Kier molecular flexibility index (Phi) is 5.20.